The highest BCUT2D eigenvalue weighted by atomic mass is 16.5. The molecule has 0 radical (unpaired) electrons. The zero-order chi connectivity index (χ0) is 11.1. The lowest BCUT2D eigenvalue weighted by Gasteiger charge is -2.19. The number of nitrogens with zero attached hydrogens (tertiary/aromatic N) is 1. The van der Waals surface area contributed by atoms with Crippen LogP contribution in [0.1, 0.15) is 18.4 Å². The second-order valence-corrected chi connectivity index (χ2v) is 4.41. The third kappa shape index (κ3) is 1.60. The molecule has 4 heteroatoms. The highest BCUT2D eigenvalue weighted by molar-refractivity contribution is 5.79. The number of fused-ring (bicyclic) bond motifs is 1. The quantitative estimate of drug-likeness (QED) is 0.719. The summed E-state index contributed by atoms with van der Waals surface area (Å²) in [4.78, 5) is 13.7. The molecule has 2 N–H and O–H groups in total. The van der Waals surface area contributed by atoms with E-state index < -0.39 is 0 Å². The number of carbonyl (C=O) groups excluding carboxylic acids is 1. The summed E-state index contributed by atoms with van der Waals surface area (Å²) in [6, 6.07) is 5.96. The van der Waals surface area contributed by atoms with Gasteiger partial charge in [0.15, 0.2) is 6.61 Å². The summed E-state index contributed by atoms with van der Waals surface area (Å²) >= 11 is 0. The van der Waals surface area contributed by atoms with Crippen LogP contribution in [0.25, 0.3) is 0 Å². The van der Waals surface area contributed by atoms with E-state index in [9.17, 15) is 4.79 Å². The fourth-order valence-electron chi connectivity index (χ4n) is 2.08. The van der Waals surface area contributed by atoms with Gasteiger partial charge >= 0.3 is 0 Å². The van der Waals surface area contributed by atoms with Crippen LogP contribution in [0.3, 0.4) is 0 Å². The average molecular weight is 218 g/mol. The van der Waals surface area contributed by atoms with Crippen molar-refractivity contribution in [1.29, 1.82) is 0 Å². The number of ether oxygens (including phenoxy) is 1. The van der Waals surface area contributed by atoms with Gasteiger partial charge in [0.25, 0.3) is 5.91 Å². The number of rotatable bonds is 1. The van der Waals surface area contributed by atoms with Crippen LogP contribution >= 0.6 is 0 Å². The number of nitrogens with two attached hydrogens (primary N) is 1. The molecule has 16 heavy (non-hydrogen) atoms. The van der Waals surface area contributed by atoms with Crippen molar-refractivity contribution in [1.82, 2.24) is 4.90 Å². The lowest BCUT2D eigenvalue weighted by Crippen LogP contribution is -2.34. The van der Waals surface area contributed by atoms with E-state index >= 15 is 0 Å². The Morgan fingerprint density at radius 3 is 2.94 bits per heavy atom. The number of hydrogen-bond donors (Lipinski definition) is 1. The first kappa shape index (κ1) is 9.51. The molecule has 0 bridgehead atoms. The Labute approximate surface area is 94.0 Å². The van der Waals surface area contributed by atoms with E-state index in [4.69, 9.17) is 10.5 Å². The Morgan fingerprint density at radius 1 is 1.38 bits per heavy atom. The van der Waals surface area contributed by atoms with Gasteiger partial charge in [0.1, 0.15) is 5.75 Å². The monoisotopic (exact) mass is 218 g/mol. The van der Waals surface area contributed by atoms with Crippen molar-refractivity contribution in [3.8, 4) is 5.75 Å². The fourth-order valence-corrected chi connectivity index (χ4v) is 2.08. The number of hydrogen-bond acceptors (Lipinski definition) is 3. The smallest absolute Gasteiger partial charge is 0.261 e. The van der Waals surface area contributed by atoms with Crippen LogP contribution in [0.15, 0.2) is 18.2 Å². The third-order valence-corrected chi connectivity index (χ3v) is 3.08. The van der Waals surface area contributed by atoms with Crippen molar-refractivity contribution in [2.45, 2.75) is 25.4 Å². The Bertz CT molecular complexity index is 441. The molecule has 1 fully saturated rings. The molecule has 0 spiro atoms. The molecule has 1 amide bonds. The predicted molar refractivity (Wildman–Crippen MR) is 59.9 cm³/mol. The first-order valence-electron chi connectivity index (χ1n) is 5.55. The highest BCUT2D eigenvalue weighted by Crippen LogP contribution is 2.33. The van der Waals surface area contributed by atoms with Gasteiger partial charge in [-0.1, -0.05) is 0 Å². The normalized spacial score (nSPS) is 20.0. The number of amides is 1. The average Bonchev–Trinajstić information content (AvgIpc) is 3.06. The van der Waals surface area contributed by atoms with E-state index in [0.29, 0.717) is 18.3 Å². The van der Waals surface area contributed by atoms with Crippen molar-refractivity contribution >= 4 is 11.6 Å². The largest absolute Gasteiger partial charge is 0.483 e. The Morgan fingerprint density at radius 2 is 2.19 bits per heavy atom. The molecule has 1 aromatic carbocycles. The second kappa shape index (κ2) is 3.40. The SMILES string of the molecule is Nc1ccc2c(c1)CN(C1CC1)C(=O)CO2. The molecule has 4 nitrogen and oxygen atoms in total. The number of carbonyl (C=O) groups is 1. The Hall–Kier alpha value is -1.71. The van der Waals surface area contributed by atoms with Crippen LogP contribution < -0.4 is 10.5 Å². The van der Waals surface area contributed by atoms with Gasteiger partial charge in [-0.3, -0.25) is 4.79 Å². The first-order chi connectivity index (χ1) is 7.74. The Balaban J connectivity index is 1.94. The van der Waals surface area contributed by atoms with Crippen molar-refractivity contribution in [2.75, 3.05) is 12.3 Å². The highest BCUT2D eigenvalue weighted by Gasteiger charge is 2.34. The van der Waals surface area contributed by atoms with Gasteiger partial charge in [0, 0.05) is 23.8 Å². The van der Waals surface area contributed by atoms with Gasteiger partial charge in [-0.15, -0.1) is 0 Å². The van der Waals surface area contributed by atoms with Crippen molar-refractivity contribution in [2.24, 2.45) is 0 Å². The first-order valence-corrected chi connectivity index (χ1v) is 5.55. The van der Waals surface area contributed by atoms with Crippen LogP contribution in [-0.4, -0.2) is 23.5 Å². The van der Waals surface area contributed by atoms with Gasteiger partial charge in [0.05, 0.1) is 0 Å². The predicted octanol–water partition coefficient (Wildman–Crippen LogP) is 1.15. The molecule has 1 aromatic rings. The number of benzene rings is 1. The second-order valence-electron chi connectivity index (χ2n) is 4.41. The Kier molecular flexibility index (Phi) is 2.02. The molecule has 0 atom stereocenters. The number of anilines is 1. The molecule has 84 valence electrons. The van der Waals surface area contributed by atoms with E-state index in [-0.39, 0.29) is 12.5 Å². The van der Waals surface area contributed by atoms with Crippen molar-refractivity contribution in [3.05, 3.63) is 23.8 Å². The summed E-state index contributed by atoms with van der Waals surface area (Å²) < 4.78 is 5.48. The standard InChI is InChI=1S/C12H14N2O2/c13-9-1-4-11-8(5-9)6-14(10-2-3-10)12(15)7-16-11/h1,4-5,10H,2-3,6-7,13H2. The van der Waals surface area contributed by atoms with E-state index in [1.54, 1.807) is 6.07 Å². The van der Waals surface area contributed by atoms with Crippen molar-refractivity contribution < 1.29 is 9.53 Å². The maximum Gasteiger partial charge on any atom is 0.261 e. The minimum atomic E-state index is 0.0808. The van der Waals surface area contributed by atoms with Crippen LogP contribution in [0.2, 0.25) is 0 Å². The lowest BCUT2D eigenvalue weighted by atomic mass is 10.1. The third-order valence-electron chi connectivity index (χ3n) is 3.08. The molecule has 1 aliphatic carbocycles. The zero-order valence-corrected chi connectivity index (χ0v) is 8.98. The van der Waals surface area contributed by atoms with Gasteiger partial charge in [-0.2, -0.15) is 0 Å². The summed E-state index contributed by atoms with van der Waals surface area (Å²) in [6.45, 7) is 0.775. The zero-order valence-electron chi connectivity index (χ0n) is 8.98. The van der Waals surface area contributed by atoms with E-state index in [0.717, 1.165) is 24.2 Å². The van der Waals surface area contributed by atoms with E-state index in [1.165, 1.54) is 0 Å². The van der Waals surface area contributed by atoms with Crippen LogP contribution in [0.5, 0.6) is 5.75 Å². The maximum absolute atomic E-state index is 11.8. The molecular formula is C12H14N2O2. The van der Waals surface area contributed by atoms with E-state index in [2.05, 4.69) is 0 Å². The van der Waals surface area contributed by atoms with Crippen molar-refractivity contribution in [3.63, 3.8) is 0 Å². The minimum Gasteiger partial charge on any atom is -0.483 e. The summed E-state index contributed by atoms with van der Waals surface area (Å²) in [5, 5.41) is 0. The molecule has 1 heterocycles. The molecule has 0 aromatic heterocycles. The minimum absolute atomic E-state index is 0.0808. The summed E-state index contributed by atoms with van der Waals surface area (Å²) in [7, 11) is 0. The van der Waals surface area contributed by atoms with Gasteiger partial charge in [0.2, 0.25) is 0 Å². The summed E-state index contributed by atoms with van der Waals surface area (Å²) in [5.41, 5.74) is 7.47. The van der Waals surface area contributed by atoms with Gasteiger partial charge in [-0.05, 0) is 31.0 Å². The molecule has 0 unspecified atom stereocenters. The molecular weight excluding hydrogens is 204 g/mol. The topological polar surface area (TPSA) is 55.6 Å². The fraction of sp³-hybridized carbons (Fsp3) is 0.417. The molecule has 1 aliphatic heterocycles. The summed E-state index contributed by atoms with van der Waals surface area (Å²) in [6.07, 6.45) is 2.23. The molecule has 2 aliphatic rings. The van der Waals surface area contributed by atoms with Crippen LogP contribution in [0, 0.1) is 0 Å². The summed E-state index contributed by atoms with van der Waals surface area (Å²) in [5.74, 6) is 0.864. The van der Waals surface area contributed by atoms with Crippen LogP contribution in [-0.2, 0) is 11.3 Å². The molecule has 3 rings (SSSR count). The van der Waals surface area contributed by atoms with Gasteiger partial charge in [-0.25, -0.2) is 0 Å². The van der Waals surface area contributed by atoms with E-state index in [1.807, 2.05) is 17.0 Å². The van der Waals surface area contributed by atoms with Gasteiger partial charge < -0.3 is 15.4 Å². The van der Waals surface area contributed by atoms with Crippen LogP contribution in [0.4, 0.5) is 5.69 Å². The molecule has 0 saturated heterocycles. The maximum atomic E-state index is 11.8. The molecule has 1 saturated carbocycles. The number of nitrogen functional groups attached to an aromatic ring is 1. The lowest BCUT2D eigenvalue weighted by molar-refractivity contribution is -0.133.